The Balaban J connectivity index is 1.89. The fourth-order valence-corrected chi connectivity index (χ4v) is 2.89. The van der Waals surface area contributed by atoms with Crippen molar-refractivity contribution < 1.29 is 28.5 Å². The second-order valence-electron chi connectivity index (χ2n) is 6.25. The van der Waals surface area contributed by atoms with Gasteiger partial charge in [0.25, 0.3) is 0 Å². The van der Waals surface area contributed by atoms with Crippen LogP contribution in [0.1, 0.15) is 11.4 Å². The van der Waals surface area contributed by atoms with Gasteiger partial charge < -0.3 is 23.8 Å². The molecule has 9 heteroatoms. The smallest absolute Gasteiger partial charge is 0.355 e. The first kappa shape index (κ1) is 20.3. The van der Waals surface area contributed by atoms with E-state index in [1.54, 1.807) is 29.2 Å². The predicted octanol–water partition coefficient (Wildman–Crippen LogP) is 2.28. The van der Waals surface area contributed by atoms with E-state index in [0.29, 0.717) is 11.4 Å². The Bertz CT molecular complexity index is 935. The summed E-state index contributed by atoms with van der Waals surface area (Å²) in [6, 6.07) is 8.97. The van der Waals surface area contributed by atoms with E-state index in [0.717, 1.165) is 11.4 Å². The van der Waals surface area contributed by atoms with E-state index in [1.165, 1.54) is 14.2 Å². The molecule has 2 aromatic rings. The molecule has 29 heavy (non-hydrogen) atoms. The third kappa shape index (κ3) is 4.52. The summed E-state index contributed by atoms with van der Waals surface area (Å²) in [5, 5.41) is 0. The van der Waals surface area contributed by atoms with Gasteiger partial charge in [0.2, 0.25) is 0 Å². The molecule has 0 amide bonds. The standard InChI is InChI=1S/C20H21N3O6/c1-12-9-13(2)22-20(21-12)29-15-7-5-14(6-8-15)23-11-28-10-16(18(24)26-3)17(23)19(25)27-4/h5-9H,10-11H2,1-4H3. The normalized spacial score (nSPS) is 13.9. The number of aryl methyl sites for hydroxylation is 2. The average molecular weight is 399 g/mol. The SMILES string of the molecule is COC(=O)C1=C(C(=O)OC)N(c2ccc(Oc3nc(C)cc(C)n3)cc2)COC1. The van der Waals surface area contributed by atoms with E-state index >= 15 is 0 Å². The van der Waals surface area contributed by atoms with Crippen molar-refractivity contribution in [2.75, 3.05) is 32.5 Å². The molecule has 9 nitrogen and oxygen atoms in total. The van der Waals surface area contributed by atoms with E-state index in [1.807, 2.05) is 19.9 Å². The number of rotatable bonds is 5. The van der Waals surface area contributed by atoms with Crippen LogP contribution in [0.3, 0.4) is 0 Å². The fourth-order valence-electron chi connectivity index (χ4n) is 2.89. The van der Waals surface area contributed by atoms with Crippen LogP contribution in [0.4, 0.5) is 5.69 Å². The van der Waals surface area contributed by atoms with Gasteiger partial charge in [-0.25, -0.2) is 19.6 Å². The number of benzene rings is 1. The number of carbonyl (C=O) groups is 2. The lowest BCUT2D eigenvalue weighted by Crippen LogP contribution is -2.38. The molecule has 0 fully saturated rings. The van der Waals surface area contributed by atoms with Crippen molar-refractivity contribution in [1.82, 2.24) is 9.97 Å². The molecule has 0 N–H and O–H groups in total. The van der Waals surface area contributed by atoms with Crippen LogP contribution in [-0.4, -0.2) is 49.5 Å². The maximum atomic E-state index is 12.3. The molecule has 0 spiro atoms. The predicted molar refractivity (Wildman–Crippen MR) is 102 cm³/mol. The van der Waals surface area contributed by atoms with Crippen LogP contribution in [0.5, 0.6) is 11.8 Å². The molecule has 1 aliphatic heterocycles. The first-order valence-corrected chi connectivity index (χ1v) is 8.78. The molecule has 0 radical (unpaired) electrons. The zero-order valence-corrected chi connectivity index (χ0v) is 16.6. The molecule has 0 unspecified atom stereocenters. The van der Waals surface area contributed by atoms with Gasteiger partial charge in [-0.05, 0) is 44.2 Å². The Morgan fingerprint density at radius 1 is 1.00 bits per heavy atom. The summed E-state index contributed by atoms with van der Waals surface area (Å²) >= 11 is 0. The number of methoxy groups -OCH3 is 2. The minimum absolute atomic E-state index is 0.0428. The van der Waals surface area contributed by atoms with Crippen LogP contribution in [0.2, 0.25) is 0 Å². The summed E-state index contributed by atoms with van der Waals surface area (Å²) < 4.78 is 20.8. The first-order chi connectivity index (χ1) is 13.9. The molecule has 0 saturated carbocycles. The van der Waals surface area contributed by atoms with E-state index in [4.69, 9.17) is 18.9 Å². The Labute approximate surface area is 167 Å². The van der Waals surface area contributed by atoms with Gasteiger partial charge in [-0.2, -0.15) is 0 Å². The Morgan fingerprint density at radius 3 is 2.21 bits per heavy atom. The van der Waals surface area contributed by atoms with Crippen LogP contribution in [0.15, 0.2) is 41.6 Å². The van der Waals surface area contributed by atoms with Crippen molar-refractivity contribution in [3.63, 3.8) is 0 Å². The number of hydrogen-bond acceptors (Lipinski definition) is 9. The van der Waals surface area contributed by atoms with E-state index in [2.05, 4.69) is 9.97 Å². The Kier molecular flexibility index (Phi) is 6.08. The number of aromatic nitrogens is 2. The van der Waals surface area contributed by atoms with E-state index in [-0.39, 0.29) is 30.6 Å². The van der Waals surface area contributed by atoms with E-state index < -0.39 is 11.9 Å². The highest BCUT2D eigenvalue weighted by Crippen LogP contribution is 2.29. The van der Waals surface area contributed by atoms with Gasteiger partial charge in [-0.1, -0.05) is 0 Å². The van der Waals surface area contributed by atoms with Gasteiger partial charge in [-0.15, -0.1) is 0 Å². The third-order valence-electron chi connectivity index (χ3n) is 4.15. The van der Waals surface area contributed by atoms with Gasteiger partial charge in [0.15, 0.2) is 0 Å². The highest BCUT2D eigenvalue weighted by atomic mass is 16.5. The lowest BCUT2D eigenvalue weighted by Gasteiger charge is -2.31. The average Bonchev–Trinajstić information content (AvgIpc) is 2.72. The molecular formula is C20H21N3O6. The van der Waals surface area contributed by atoms with Crippen molar-refractivity contribution in [2.24, 2.45) is 0 Å². The molecule has 1 aromatic heterocycles. The fraction of sp³-hybridized carbons (Fsp3) is 0.300. The highest BCUT2D eigenvalue weighted by molar-refractivity contribution is 6.03. The monoisotopic (exact) mass is 399 g/mol. The summed E-state index contributed by atoms with van der Waals surface area (Å²) in [6.45, 7) is 3.76. The van der Waals surface area contributed by atoms with Gasteiger partial charge in [0.1, 0.15) is 18.2 Å². The number of esters is 2. The Morgan fingerprint density at radius 2 is 1.62 bits per heavy atom. The second-order valence-corrected chi connectivity index (χ2v) is 6.25. The quantitative estimate of drug-likeness (QED) is 0.701. The molecule has 3 rings (SSSR count). The highest BCUT2D eigenvalue weighted by Gasteiger charge is 2.32. The molecule has 0 atom stereocenters. The van der Waals surface area contributed by atoms with Gasteiger partial charge in [0.05, 0.1) is 26.4 Å². The molecule has 2 heterocycles. The molecule has 0 saturated heterocycles. The lowest BCUT2D eigenvalue weighted by molar-refractivity contribution is -0.140. The topological polar surface area (TPSA) is 100 Å². The zero-order chi connectivity index (χ0) is 21.0. The summed E-state index contributed by atoms with van der Waals surface area (Å²) in [4.78, 5) is 34.4. The first-order valence-electron chi connectivity index (χ1n) is 8.78. The summed E-state index contributed by atoms with van der Waals surface area (Å²) in [5.74, 6) is -0.784. The molecule has 1 aliphatic rings. The molecule has 0 aliphatic carbocycles. The minimum Gasteiger partial charge on any atom is -0.466 e. The number of carbonyl (C=O) groups excluding carboxylic acids is 2. The van der Waals surface area contributed by atoms with Gasteiger partial charge in [-0.3, -0.25) is 0 Å². The van der Waals surface area contributed by atoms with Crippen LogP contribution in [0, 0.1) is 13.8 Å². The Hall–Kier alpha value is -3.46. The summed E-state index contributed by atoms with van der Waals surface area (Å²) in [5.41, 5.74) is 2.39. The number of nitrogens with zero attached hydrogens (tertiary/aromatic N) is 3. The zero-order valence-electron chi connectivity index (χ0n) is 16.6. The molecule has 1 aromatic carbocycles. The largest absolute Gasteiger partial charge is 0.466 e. The van der Waals surface area contributed by atoms with Crippen molar-refractivity contribution >= 4 is 17.6 Å². The van der Waals surface area contributed by atoms with Crippen LogP contribution < -0.4 is 9.64 Å². The van der Waals surface area contributed by atoms with Crippen LogP contribution in [0.25, 0.3) is 0 Å². The minimum atomic E-state index is -0.655. The van der Waals surface area contributed by atoms with Crippen molar-refractivity contribution in [2.45, 2.75) is 13.8 Å². The number of ether oxygens (including phenoxy) is 4. The maximum absolute atomic E-state index is 12.3. The van der Waals surface area contributed by atoms with Gasteiger partial charge >= 0.3 is 17.9 Å². The van der Waals surface area contributed by atoms with E-state index in [9.17, 15) is 9.59 Å². The maximum Gasteiger partial charge on any atom is 0.355 e. The lowest BCUT2D eigenvalue weighted by atomic mass is 10.1. The summed E-state index contributed by atoms with van der Waals surface area (Å²) in [6.07, 6.45) is 0. The van der Waals surface area contributed by atoms with Crippen LogP contribution in [-0.2, 0) is 23.8 Å². The third-order valence-corrected chi connectivity index (χ3v) is 4.15. The van der Waals surface area contributed by atoms with Crippen molar-refractivity contribution in [3.8, 4) is 11.8 Å². The van der Waals surface area contributed by atoms with Crippen LogP contribution >= 0.6 is 0 Å². The van der Waals surface area contributed by atoms with Crippen molar-refractivity contribution in [3.05, 3.63) is 53.0 Å². The van der Waals surface area contributed by atoms with Crippen molar-refractivity contribution in [1.29, 1.82) is 0 Å². The molecular weight excluding hydrogens is 378 g/mol. The molecule has 0 bridgehead atoms. The second kappa shape index (κ2) is 8.70. The molecule has 152 valence electrons. The van der Waals surface area contributed by atoms with Gasteiger partial charge in [0, 0.05) is 17.1 Å². The number of hydrogen-bond donors (Lipinski definition) is 0. The number of anilines is 1. The summed E-state index contributed by atoms with van der Waals surface area (Å²) in [7, 11) is 2.49.